The molecule has 0 amide bonds. The van der Waals surface area contributed by atoms with Crippen LogP contribution in [0, 0.1) is 0 Å². The Kier molecular flexibility index (Phi) is 7.61. The number of nitrogens with one attached hydrogen (secondary N) is 1. The van der Waals surface area contributed by atoms with Gasteiger partial charge in [-0.3, -0.25) is 4.72 Å². The van der Waals surface area contributed by atoms with Gasteiger partial charge in [0, 0.05) is 13.1 Å². The Morgan fingerprint density at radius 1 is 0.968 bits per heavy atom. The van der Waals surface area contributed by atoms with Gasteiger partial charge in [-0.1, -0.05) is 26.0 Å². The summed E-state index contributed by atoms with van der Waals surface area (Å²) in [5, 5.41) is 0. The van der Waals surface area contributed by atoms with E-state index in [9.17, 15) is 30.0 Å². The minimum absolute atomic E-state index is 0.0194. The van der Waals surface area contributed by atoms with Crippen molar-refractivity contribution in [1.29, 1.82) is 0 Å². The van der Waals surface area contributed by atoms with E-state index in [2.05, 4.69) is 4.72 Å². The second kappa shape index (κ2) is 9.45. The van der Waals surface area contributed by atoms with E-state index in [0.717, 1.165) is 24.3 Å². The Morgan fingerprint density at radius 2 is 1.58 bits per heavy atom. The smallest absolute Gasteiger partial charge is 0.417 e. The quantitative estimate of drug-likeness (QED) is 0.587. The highest BCUT2D eigenvalue weighted by Gasteiger charge is 2.37. The summed E-state index contributed by atoms with van der Waals surface area (Å²) in [4.78, 5) is -1.21. The predicted octanol–water partition coefficient (Wildman–Crippen LogP) is 3.94. The van der Waals surface area contributed by atoms with E-state index >= 15 is 0 Å². The standard InChI is InChI=1S/C19H23F3N2O5S2/c1-4-24(5-2)31(27,28)14-11-12-17(29-6-3)16(13-14)23-30(25,26)18-10-8-7-9-15(18)19(20,21)22/h7-13,23H,4-6H2,1-3H3. The molecule has 0 unspecified atom stereocenters. The van der Waals surface area contributed by atoms with Crippen LogP contribution in [-0.4, -0.2) is 40.8 Å². The maximum atomic E-state index is 13.3. The minimum atomic E-state index is -4.90. The number of alkyl halides is 3. The molecule has 31 heavy (non-hydrogen) atoms. The minimum Gasteiger partial charge on any atom is -0.492 e. The third kappa shape index (κ3) is 5.49. The van der Waals surface area contributed by atoms with Crippen molar-refractivity contribution < 1.29 is 34.7 Å². The summed E-state index contributed by atoms with van der Waals surface area (Å²) in [5.74, 6) is -0.0194. The number of benzene rings is 2. The molecule has 2 aromatic carbocycles. The lowest BCUT2D eigenvalue weighted by molar-refractivity contribution is -0.139. The predicted molar refractivity (Wildman–Crippen MR) is 110 cm³/mol. The number of sulfonamides is 2. The van der Waals surface area contributed by atoms with Crippen molar-refractivity contribution >= 4 is 25.7 Å². The molecule has 12 heteroatoms. The summed E-state index contributed by atoms with van der Waals surface area (Å²) in [5.41, 5.74) is -1.63. The van der Waals surface area contributed by atoms with E-state index in [1.165, 1.54) is 16.4 Å². The summed E-state index contributed by atoms with van der Waals surface area (Å²) in [7, 11) is -8.66. The van der Waals surface area contributed by atoms with Crippen molar-refractivity contribution in [3.63, 3.8) is 0 Å². The van der Waals surface area contributed by atoms with Gasteiger partial charge in [-0.25, -0.2) is 16.8 Å². The largest absolute Gasteiger partial charge is 0.492 e. The van der Waals surface area contributed by atoms with Gasteiger partial charge in [-0.2, -0.15) is 17.5 Å². The summed E-state index contributed by atoms with van der Waals surface area (Å²) in [6, 6.07) is 7.25. The maximum Gasteiger partial charge on any atom is 0.417 e. The number of hydrogen-bond acceptors (Lipinski definition) is 5. The van der Waals surface area contributed by atoms with Crippen LogP contribution in [0.3, 0.4) is 0 Å². The molecule has 0 aromatic heterocycles. The molecule has 0 saturated carbocycles. The van der Waals surface area contributed by atoms with Gasteiger partial charge in [0.2, 0.25) is 10.0 Å². The molecule has 0 aliphatic carbocycles. The molecule has 0 heterocycles. The molecule has 0 fully saturated rings. The number of hydrogen-bond donors (Lipinski definition) is 1. The number of halogens is 3. The molecule has 1 N–H and O–H groups in total. The van der Waals surface area contributed by atoms with Crippen molar-refractivity contribution in [1.82, 2.24) is 4.31 Å². The van der Waals surface area contributed by atoms with Gasteiger partial charge in [-0.05, 0) is 37.3 Å². The molecule has 0 aliphatic rings. The zero-order valence-corrected chi connectivity index (χ0v) is 18.7. The highest BCUT2D eigenvalue weighted by molar-refractivity contribution is 7.92. The van der Waals surface area contributed by atoms with Crippen molar-refractivity contribution in [2.45, 2.75) is 36.7 Å². The van der Waals surface area contributed by atoms with Gasteiger partial charge < -0.3 is 4.74 Å². The highest BCUT2D eigenvalue weighted by Crippen LogP contribution is 2.36. The maximum absolute atomic E-state index is 13.3. The van der Waals surface area contributed by atoms with Gasteiger partial charge in [0.1, 0.15) is 5.75 Å². The summed E-state index contributed by atoms with van der Waals surface area (Å²) >= 11 is 0. The van der Waals surface area contributed by atoms with Crippen LogP contribution in [-0.2, 0) is 26.2 Å². The van der Waals surface area contributed by atoms with E-state index in [0.29, 0.717) is 6.07 Å². The van der Waals surface area contributed by atoms with Crippen molar-refractivity contribution in [3.05, 3.63) is 48.0 Å². The summed E-state index contributed by atoms with van der Waals surface area (Å²) in [6.45, 7) is 5.41. The fourth-order valence-electron chi connectivity index (χ4n) is 2.88. The Bertz CT molecular complexity index is 1130. The van der Waals surface area contributed by atoms with Crippen LogP contribution >= 0.6 is 0 Å². The molecule has 0 aliphatic heterocycles. The average molecular weight is 481 g/mol. The van der Waals surface area contributed by atoms with Gasteiger partial charge >= 0.3 is 6.18 Å². The SMILES string of the molecule is CCOc1ccc(S(=O)(=O)N(CC)CC)cc1NS(=O)(=O)c1ccccc1C(F)(F)F. The first kappa shape index (κ1) is 25.0. The van der Waals surface area contributed by atoms with Crippen molar-refractivity contribution in [2.75, 3.05) is 24.4 Å². The molecular weight excluding hydrogens is 457 g/mol. The lowest BCUT2D eigenvalue weighted by atomic mass is 10.2. The van der Waals surface area contributed by atoms with Gasteiger partial charge in [0.15, 0.2) is 0 Å². The van der Waals surface area contributed by atoms with Crippen molar-refractivity contribution in [3.8, 4) is 5.75 Å². The lowest BCUT2D eigenvalue weighted by Gasteiger charge is -2.20. The van der Waals surface area contributed by atoms with Gasteiger partial charge in [0.25, 0.3) is 10.0 Å². The van der Waals surface area contributed by atoms with Gasteiger partial charge in [0.05, 0.1) is 27.6 Å². The molecule has 2 aromatic rings. The average Bonchev–Trinajstić information content (AvgIpc) is 2.69. The van der Waals surface area contributed by atoms with E-state index in [-0.39, 0.29) is 36.0 Å². The van der Waals surface area contributed by atoms with Crippen molar-refractivity contribution in [2.24, 2.45) is 0 Å². The van der Waals surface area contributed by atoms with Gasteiger partial charge in [-0.15, -0.1) is 0 Å². The first-order valence-electron chi connectivity index (χ1n) is 9.34. The van der Waals surface area contributed by atoms with E-state index in [1.807, 2.05) is 0 Å². The molecule has 0 radical (unpaired) electrons. The Balaban J connectivity index is 2.60. The molecular formula is C19H23F3N2O5S2. The molecule has 0 spiro atoms. The monoisotopic (exact) mass is 480 g/mol. The zero-order valence-electron chi connectivity index (χ0n) is 17.1. The van der Waals surface area contributed by atoms with Crippen LogP contribution < -0.4 is 9.46 Å². The highest BCUT2D eigenvalue weighted by atomic mass is 32.2. The number of ether oxygens (including phenoxy) is 1. The second-order valence-corrected chi connectivity index (χ2v) is 9.87. The number of rotatable bonds is 9. The normalized spacial score (nSPS) is 12.7. The van der Waals surface area contributed by atoms with E-state index in [4.69, 9.17) is 4.74 Å². The fraction of sp³-hybridized carbons (Fsp3) is 0.368. The molecule has 0 saturated heterocycles. The third-order valence-corrected chi connectivity index (χ3v) is 7.79. The third-order valence-electron chi connectivity index (χ3n) is 4.32. The van der Waals surface area contributed by atoms with Crippen LogP contribution in [0.1, 0.15) is 26.3 Å². The Labute approximate surface area is 179 Å². The molecule has 0 atom stereocenters. The van der Waals surface area contributed by atoms with Crippen LogP contribution in [0.4, 0.5) is 18.9 Å². The summed E-state index contributed by atoms with van der Waals surface area (Å²) in [6.07, 6.45) is -4.90. The van der Waals surface area contributed by atoms with E-state index in [1.54, 1.807) is 20.8 Å². The summed E-state index contributed by atoms with van der Waals surface area (Å²) < 4.78 is 99.7. The van der Waals surface area contributed by atoms with Crippen LogP contribution in [0.5, 0.6) is 5.75 Å². The number of nitrogens with zero attached hydrogens (tertiary/aromatic N) is 1. The molecule has 0 bridgehead atoms. The fourth-order valence-corrected chi connectivity index (χ4v) is 5.65. The van der Waals surface area contributed by atoms with E-state index < -0.39 is 36.7 Å². The van der Waals surface area contributed by atoms with Crippen LogP contribution in [0.15, 0.2) is 52.3 Å². The Morgan fingerprint density at radius 3 is 2.13 bits per heavy atom. The topological polar surface area (TPSA) is 92.8 Å². The molecule has 172 valence electrons. The molecule has 7 nitrogen and oxygen atoms in total. The lowest BCUT2D eigenvalue weighted by Crippen LogP contribution is -2.30. The second-order valence-electron chi connectivity index (χ2n) is 6.28. The van der Waals surface area contributed by atoms with Crippen LogP contribution in [0.25, 0.3) is 0 Å². The zero-order chi connectivity index (χ0) is 23.4. The molecule has 2 rings (SSSR count). The first-order valence-corrected chi connectivity index (χ1v) is 12.3. The number of anilines is 1. The van der Waals surface area contributed by atoms with Crippen LogP contribution in [0.2, 0.25) is 0 Å². The Hall–Kier alpha value is -2.31. The first-order chi connectivity index (χ1) is 14.4.